The van der Waals surface area contributed by atoms with Crippen LogP contribution in [-0.4, -0.2) is 30.2 Å². The Balaban J connectivity index is 2.42. The predicted molar refractivity (Wildman–Crippen MR) is 80.5 cm³/mol. The Hall–Kier alpha value is -1.23. The molecule has 3 N–H and O–H groups in total. The van der Waals surface area contributed by atoms with Crippen molar-refractivity contribution in [3.05, 3.63) is 16.2 Å². The van der Waals surface area contributed by atoms with Crippen molar-refractivity contribution >= 4 is 32.0 Å². The van der Waals surface area contributed by atoms with Crippen LogP contribution in [0.4, 0.5) is 10.7 Å². The third-order valence-electron chi connectivity index (χ3n) is 3.90. The lowest BCUT2D eigenvalue weighted by atomic mass is 9.94. The summed E-state index contributed by atoms with van der Waals surface area (Å²) in [4.78, 5) is 10.3. The molecule has 0 spiro atoms. The Bertz CT molecular complexity index is 643. The molecule has 0 bridgehead atoms. The number of hydrazine groups is 1. The normalized spacial score (nSPS) is 24.0. The molecule has 10 heteroatoms. The van der Waals surface area contributed by atoms with Crippen LogP contribution >= 0.6 is 11.3 Å². The van der Waals surface area contributed by atoms with Crippen LogP contribution < -0.4 is 11.3 Å². The molecule has 1 aliphatic heterocycles. The molecule has 1 aromatic heterocycles. The molecule has 21 heavy (non-hydrogen) atoms. The Morgan fingerprint density at radius 3 is 2.71 bits per heavy atom. The maximum absolute atomic E-state index is 12.7. The average molecular weight is 334 g/mol. The van der Waals surface area contributed by atoms with E-state index in [9.17, 15) is 18.5 Å². The fraction of sp³-hybridized carbons (Fsp3) is 0.636. The van der Waals surface area contributed by atoms with Gasteiger partial charge in [0.15, 0.2) is 5.00 Å². The number of thiophene rings is 1. The van der Waals surface area contributed by atoms with Gasteiger partial charge in [0, 0.05) is 18.7 Å². The molecule has 1 fully saturated rings. The molecule has 118 valence electrons. The first-order chi connectivity index (χ1) is 9.78. The second-order valence-corrected chi connectivity index (χ2v) is 8.33. The van der Waals surface area contributed by atoms with Crippen LogP contribution in [-0.2, 0) is 10.0 Å². The maximum Gasteiger partial charge on any atom is 0.306 e. The number of hydrogen-bond acceptors (Lipinski definition) is 7. The molecular formula is C11H18N4O4S2. The number of nitrogens with one attached hydrogen (secondary N) is 1. The molecule has 0 saturated carbocycles. The highest BCUT2D eigenvalue weighted by atomic mass is 32.2. The summed E-state index contributed by atoms with van der Waals surface area (Å²) in [5.41, 5.74) is 1.87. The highest BCUT2D eigenvalue weighted by Crippen LogP contribution is 2.39. The summed E-state index contributed by atoms with van der Waals surface area (Å²) >= 11 is 0.784. The number of nitrogen functional groups attached to an aromatic ring is 1. The van der Waals surface area contributed by atoms with Crippen LogP contribution in [0.25, 0.3) is 0 Å². The van der Waals surface area contributed by atoms with Gasteiger partial charge in [-0.3, -0.25) is 10.1 Å². The number of anilines is 1. The minimum Gasteiger partial charge on any atom is -0.310 e. The second kappa shape index (κ2) is 5.87. The van der Waals surface area contributed by atoms with Gasteiger partial charge in [-0.25, -0.2) is 14.3 Å². The van der Waals surface area contributed by atoms with Crippen LogP contribution in [0.5, 0.6) is 0 Å². The van der Waals surface area contributed by atoms with Crippen LogP contribution in [0.1, 0.15) is 26.7 Å². The summed E-state index contributed by atoms with van der Waals surface area (Å²) in [6, 6.07) is 0.945. The number of nitro groups is 1. The number of sulfonamides is 1. The van der Waals surface area contributed by atoms with E-state index in [1.54, 1.807) is 0 Å². The van der Waals surface area contributed by atoms with E-state index in [1.807, 2.05) is 13.8 Å². The molecule has 0 radical (unpaired) electrons. The first-order valence-electron chi connectivity index (χ1n) is 6.55. The summed E-state index contributed by atoms with van der Waals surface area (Å²) in [7, 11) is -3.74. The van der Waals surface area contributed by atoms with E-state index >= 15 is 0 Å². The minimum atomic E-state index is -3.74. The van der Waals surface area contributed by atoms with Crippen LogP contribution in [0.2, 0.25) is 0 Å². The molecule has 1 aliphatic rings. The Morgan fingerprint density at radius 1 is 1.52 bits per heavy atom. The third-order valence-corrected chi connectivity index (χ3v) is 7.39. The number of rotatable bonds is 4. The van der Waals surface area contributed by atoms with E-state index < -0.39 is 14.9 Å². The van der Waals surface area contributed by atoms with Crippen molar-refractivity contribution in [2.75, 3.05) is 12.0 Å². The lowest BCUT2D eigenvalue weighted by molar-refractivity contribution is -0.383. The Morgan fingerprint density at radius 2 is 2.19 bits per heavy atom. The van der Waals surface area contributed by atoms with Crippen molar-refractivity contribution < 1.29 is 13.3 Å². The zero-order chi connectivity index (χ0) is 15.8. The number of nitrogens with two attached hydrogens (primary N) is 1. The summed E-state index contributed by atoms with van der Waals surface area (Å²) in [5.74, 6) is 5.48. The molecule has 8 nitrogen and oxygen atoms in total. The van der Waals surface area contributed by atoms with Crippen molar-refractivity contribution in [2.45, 2.75) is 36.9 Å². The monoisotopic (exact) mass is 334 g/mol. The Kier molecular flexibility index (Phi) is 4.51. The van der Waals surface area contributed by atoms with Gasteiger partial charge in [0.25, 0.3) is 10.0 Å². The summed E-state index contributed by atoms with van der Waals surface area (Å²) in [6.45, 7) is 4.31. The smallest absolute Gasteiger partial charge is 0.306 e. The predicted octanol–water partition coefficient (Wildman–Crippen LogP) is 1.75. The summed E-state index contributed by atoms with van der Waals surface area (Å²) < 4.78 is 26.8. The number of hydrogen-bond donors (Lipinski definition) is 2. The molecule has 0 amide bonds. The maximum atomic E-state index is 12.7. The van der Waals surface area contributed by atoms with Crippen molar-refractivity contribution in [2.24, 2.45) is 11.8 Å². The average Bonchev–Trinajstić information content (AvgIpc) is 2.86. The highest BCUT2D eigenvalue weighted by molar-refractivity contribution is 7.91. The minimum absolute atomic E-state index is 0.0382. The summed E-state index contributed by atoms with van der Waals surface area (Å²) in [6.07, 6.45) is 1.77. The zero-order valence-electron chi connectivity index (χ0n) is 11.8. The van der Waals surface area contributed by atoms with Gasteiger partial charge in [-0.2, -0.15) is 4.31 Å². The zero-order valence-corrected chi connectivity index (χ0v) is 13.4. The largest absolute Gasteiger partial charge is 0.310 e. The van der Waals surface area contributed by atoms with Gasteiger partial charge in [-0.1, -0.05) is 18.3 Å². The molecule has 2 unspecified atom stereocenters. The SMILES string of the molecule is CC1CCCN(S(=O)(=O)c2cc([N+](=O)[O-])c(NN)s2)C1C. The number of nitrogens with zero attached hydrogens (tertiary/aromatic N) is 2. The molecule has 0 aliphatic carbocycles. The second-order valence-electron chi connectivity index (χ2n) is 5.16. The van der Waals surface area contributed by atoms with Crippen LogP contribution in [0, 0.1) is 16.0 Å². The standard InChI is InChI=1S/C11H18N4O4S2/c1-7-4-3-5-14(8(7)2)21(18,19)10-6-9(15(16)17)11(13-12)20-10/h6-8,13H,3-5,12H2,1-2H3. The Labute approximate surface area is 127 Å². The van der Waals surface area contributed by atoms with Gasteiger partial charge in [-0.05, 0) is 25.7 Å². The van der Waals surface area contributed by atoms with Gasteiger partial charge in [0.05, 0.1) is 4.92 Å². The van der Waals surface area contributed by atoms with Crippen molar-refractivity contribution in [3.8, 4) is 0 Å². The number of piperidine rings is 1. The topological polar surface area (TPSA) is 119 Å². The first-order valence-corrected chi connectivity index (χ1v) is 8.81. The van der Waals surface area contributed by atoms with E-state index in [-0.39, 0.29) is 26.9 Å². The van der Waals surface area contributed by atoms with E-state index in [2.05, 4.69) is 5.43 Å². The molecule has 0 aromatic carbocycles. The fourth-order valence-corrected chi connectivity index (χ4v) is 5.61. The van der Waals surface area contributed by atoms with E-state index in [0.717, 1.165) is 30.2 Å². The molecular weight excluding hydrogens is 316 g/mol. The third kappa shape index (κ3) is 2.89. The van der Waals surface area contributed by atoms with Gasteiger partial charge in [0.1, 0.15) is 4.21 Å². The quantitative estimate of drug-likeness (QED) is 0.492. The highest BCUT2D eigenvalue weighted by Gasteiger charge is 2.37. The molecule has 2 atom stereocenters. The first kappa shape index (κ1) is 16.1. The molecule has 2 heterocycles. The molecule has 1 aromatic rings. The lowest BCUT2D eigenvalue weighted by Gasteiger charge is -2.36. The van der Waals surface area contributed by atoms with E-state index in [1.165, 1.54) is 4.31 Å². The van der Waals surface area contributed by atoms with Crippen LogP contribution in [0.3, 0.4) is 0 Å². The van der Waals surface area contributed by atoms with Gasteiger partial charge in [-0.15, -0.1) is 0 Å². The van der Waals surface area contributed by atoms with Crippen molar-refractivity contribution in [1.29, 1.82) is 0 Å². The van der Waals surface area contributed by atoms with Crippen molar-refractivity contribution in [1.82, 2.24) is 4.31 Å². The lowest BCUT2D eigenvalue weighted by Crippen LogP contribution is -2.45. The van der Waals surface area contributed by atoms with Crippen LogP contribution in [0.15, 0.2) is 10.3 Å². The van der Waals surface area contributed by atoms with E-state index in [4.69, 9.17) is 5.84 Å². The molecule has 1 saturated heterocycles. The van der Waals surface area contributed by atoms with Gasteiger partial charge < -0.3 is 5.43 Å². The van der Waals surface area contributed by atoms with Gasteiger partial charge >= 0.3 is 5.69 Å². The fourth-order valence-electron chi connectivity index (χ4n) is 2.48. The van der Waals surface area contributed by atoms with Gasteiger partial charge in [0.2, 0.25) is 0 Å². The molecule has 2 rings (SSSR count). The summed E-state index contributed by atoms with van der Waals surface area (Å²) in [5, 5.41) is 11.0. The van der Waals surface area contributed by atoms with Crippen molar-refractivity contribution in [3.63, 3.8) is 0 Å². The van der Waals surface area contributed by atoms with E-state index in [0.29, 0.717) is 6.54 Å².